The largest absolute Gasteiger partial charge is 0.480 e. The van der Waals surface area contributed by atoms with Gasteiger partial charge in [-0.05, 0) is 20.8 Å². The maximum atomic E-state index is 12.7. The van der Waals surface area contributed by atoms with E-state index in [1.807, 2.05) is 20.8 Å². The Kier molecular flexibility index (Phi) is 6.01. The van der Waals surface area contributed by atoms with Crippen molar-refractivity contribution in [3.8, 4) is 0 Å². The summed E-state index contributed by atoms with van der Waals surface area (Å²) in [5.74, 6) is -1.58. The summed E-state index contributed by atoms with van der Waals surface area (Å²) in [6.45, 7) is 8.12. The average molecular weight is 366 g/mol. The summed E-state index contributed by atoms with van der Waals surface area (Å²) >= 11 is 0. The second-order valence-electron chi connectivity index (χ2n) is 7.38. The van der Waals surface area contributed by atoms with Gasteiger partial charge in [0.25, 0.3) is 5.91 Å². The molecule has 2 rings (SSSR count). The van der Waals surface area contributed by atoms with E-state index in [0.717, 1.165) is 0 Å². The lowest BCUT2D eigenvalue weighted by molar-refractivity contribution is -0.145. The smallest absolute Gasteiger partial charge is 0.323 e. The lowest BCUT2D eigenvalue weighted by atomic mass is 10.1. The minimum Gasteiger partial charge on any atom is -0.480 e. The molecule has 1 aromatic rings. The van der Waals surface area contributed by atoms with Crippen molar-refractivity contribution in [3.63, 3.8) is 0 Å². The number of rotatable bonds is 5. The Morgan fingerprint density at radius 1 is 1.38 bits per heavy atom. The molecule has 0 bridgehead atoms. The number of hydrogen-bond acceptors (Lipinski definition) is 5. The van der Waals surface area contributed by atoms with Gasteiger partial charge in [-0.3, -0.25) is 19.1 Å². The zero-order chi connectivity index (χ0) is 19.5. The van der Waals surface area contributed by atoms with Gasteiger partial charge in [0.05, 0.1) is 30.0 Å². The predicted octanol–water partition coefficient (Wildman–Crippen LogP) is 0.412. The maximum Gasteiger partial charge on any atom is 0.323 e. The van der Waals surface area contributed by atoms with Gasteiger partial charge in [-0.15, -0.1) is 0 Å². The fourth-order valence-corrected chi connectivity index (χ4v) is 2.71. The number of carboxylic acid groups (broad SMARTS) is 1. The predicted molar refractivity (Wildman–Crippen MR) is 92.8 cm³/mol. The zero-order valence-electron chi connectivity index (χ0n) is 15.6. The van der Waals surface area contributed by atoms with Gasteiger partial charge in [-0.1, -0.05) is 0 Å². The SMILES string of the molecule is CC(=O)N(CC(=O)O)CC1CN(C(=O)c2cnn(C(C)(C)C)c2)CCO1. The molecular weight excluding hydrogens is 340 g/mol. The summed E-state index contributed by atoms with van der Waals surface area (Å²) in [4.78, 5) is 38.1. The van der Waals surface area contributed by atoms with Crippen LogP contribution in [0.4, 0.5) is 0 Å². The van der Waals surface area contributed by atoms with Crippen LogP contribution in [-0.2, 0) is 19.9 Å². The van der Waals surface area contributed by atoms with Crippen LogP contribution in [0.2, 0.25) is 0 Å². The highest BCUT2D eigenvalue weighted by Crippen LogP contribution is 2.16. The van der Waals surface area contributed by atoms with Crippen LogP contribution in [0.5, 0.6) is 0 Å². The molecule has 26 heavy (non-hydrogen) atoms. The topological polar surface area (TPSA) is 105 Å². The number of carboxylic acids is 1. The fourth-order valence-electron chi connectivity index (χ4n) is 2.71. The van der Waals surface area contributed by atoms with E-state index in [2.05, 4.69) is 5.10 Å². The van der Waals surface area contributed by atoms with Gasteiger partial charge in [0, 0.05) is 32.8 Å². The number of amides is 2. The molecule has 0 saturated carbocycles. The molecule has 1 aliphatic heterocycles. The first kappa shape index (κ1) is 19.9. The van der Waals surface area contributed by atoms with Crippen LogP contribution in [0.15, 0.2) is 12.4 Å². The molecule has 1 atom stereocenters. The number of carbonyl (C=O) groups is 3. The summed E-state index contributed by atoms with van der Waals surface area (Å²) in [5, 5.41) is 13.2. The van der Waals surface area contributed by atoms with E-state index in [1.165, 1.54) is 11.8 Å². The van der Waals surface area contributed by atoms with Gasteiger partial charge in [0.15, 0.2) is 0 Å². The summed E-state index contributed by atoms with van der Waals surface area (Å²) in [6.07, 6.45) is 2.84. The Morgan fingerprint density at radius 3 is 2.62 bits per heavy atom. The maximum absolute atomic E-state index is 12.7. The molecule has 0 radical (unpaired) electrons. The van der Waals surface area contributed by atoms with Crippen molar-refractivity contribution in [2.24, 2.45) is 0 Å². The van der Waals surface area contributed by atoms with E-state index in [4.69, 9.17) is 9.84 Å². The van der Waals surface area contributed by atoms with Gasteiger partial charge in [-0.2, -0.15) is 5.10 Å². The quantitative estimate of drug-likeness (QED) is 0.809. The normalized spacial score (nSPS) is 17.8. The van der Waals surface area contributed by atoms with Gasteiger partial charge in [0.1, 0.15) is 6.54 Å². The highest BCUT2D eigenvalue weighted by molar-refractivity contribution is 5.93. The van der Waals surface area contributed by atoms with Gasteiger partial charge >= 0.3 is 5.97 Å². The molecule has 2 heterocycles. The summed E-state index contributed by atoms with van der Waals surface area (Å²) in [6, 6.07) is 0. The molecule has 1 aliphatic rings. The van der Waals surface area contributed by atoms with Crippen molar-refractivity contribution >= 4 is 17.8 Å². The zero-order valence-corrected chi connectivity index (χ0v) is 15.6. The molecule has 9 heteroatoms. The van der Waals surface area contributed by atoms with E-state index >= 15 is 0 Å². The van der Waals surface area contributed by atoms with E-state index in [-0.39, 0.29) is 30.4 Å². The summed E-state index contributed by atoms with van der Waals surface area (Å²) < 4.78 is 7.35. The molecule has 144 valence electrons. The number of ether oxygens (including phenoxy) is 1. The molecule has 1 unspecified atom stereocenters. The second kappa shape index (κ2) is 7.86. The number of aromatic nitrogens is 2. The van der Waals surface area contributed by atoms with Crippen LogP contribution < -0.4 is 0 Å². The van der Waals surface area contributed by atoms with Gasteiger partial charge in [-0.25, -0.2) is 0 Å². The van der Waals surface area contributed by atoms with E-state index < -0.39 is 12.1 Å². The number of nitrogens with zero attached hydrogens (tertiary/aromatic N) is 4. The molecule has 1 saturated heterocycles. The van der Waals surface area contributed by atoms with Gasteiger partial charge in [0.2, 0.25) is 5.91 Å². The molecule has 1 N–H and O–H groups in total. The molecule has 0 spiro atoms. The second-order valence-corrected chi connectivity index (χ2v) is 7.38. The van der Waals surface area contributed by atoms with Crippen molar-refractivity contribution in [2.45, 2.75) is 39.3 Å². The molecule has 2 amide bonds. The van der Waals surface area contributed by atoms with Crippen LogP contribution >= 0.6 is 0 Å². The molecular formula is C17H26N4O5. The van der Waals surface area contributed by atoms with E-state index in [0.29, 0.717) is 25.3 Å². The Balaban J connectivity index is 2.03. The Labute approximate surface area is 152 Å². The number of carbonyl (C=O) groups excluding carboxylic acids is 2. The van der Waals surface area contributed by atoms with Crippen molar-refractivity contribution in [1.29, 1.82) is 0 Å². The first-order valence-corrected chi connectivity index (χ1v) is 8.51. The fraction of sp³-hybridized carbons (Fsp3) is 0.647. The number of hydrogen-bond donors (Lipinski definition) is 1. The van der Waals surface area contributed by atoms with Crippen LogP contribution in [0.3, 0.4) is 0 Å². The molecule has 1 fully saturated rings. The molecule has 0 aliphatic carbocycles. The number of aliphatic carboxylic acids is 1. The Hall–Kier alpha value is -2.42. The lowest BCUT2D eigenvalue weighted by Gasteiger charge is -2.35. The van der Waals surface area contributed by atoms with Crippen molar-refractivity contribution in [1.82, 2.24) is 19.6 Å². The standard InChI is InChI=1S/C17H26N4O5/c1-12(22)20(11-15(23)24)10-14-9-19(5-6-26-14)16(25)13-7-18-21(8-13)17(2,3)4/h7-8,14H,5-6,9-11H2,1-4H3,(H,23,24). The van der Waals surface area contributed by atoms with E-state index in [1.54, 1.807) is 22.0 Å². The van der Waals surface area contributed by atoms with Gasteiger partial charge < -0.3 is 19.6 Å². The third-order valence-electron chi connectivity index (χ3n) is 4.14. The highest BCUT2D eigenvalue weighted by Gasteiger charge is 2.29. The van der Waals surface area contributed by atoms with Crippen LogP contribution in [0, 0.1) is 0 Å². The first-order valence-electron chi connectivity index (χ1n) is 8.51. The highest BCUT2D eigenvalue weighted by atomic mass is 16.5. The average Bonchev–Trinajstić information content (AvgIpc) is 3.03. The van der Waals surface area contributed by atoms with Crippen LogP contribution in [-0.4, -0.2) is 81.4 Å². The summed E-state index contributed by atoms with van der Waals surface area (Å²) in [7, 11) is 0. The third-order valence-corrected chi connectivity index (χ3v) is 4.14. The van der Waals surface area contributed by atoms with Crippen LogP contribution in [0.1, 0.15) is 38.1 Å². The third kappa shape index (κ3) is 5.04. The molecule has 0 aromatic carbocycles. The minimum absolute atomic E-state index is 0.132. The van der Waals surface area contributed by atoms with Crippen LogP contribution in [0.25, 0.3) is 0 Å². The lowest BCUT2D eigenvalue weighted by Crippen LogP contribution is -2.51. The number of morpholine rings is 1. The van der Waals surface area contributed by atoms with E-state index in [9.17, 15) is 14.4 Å². The van der Waals surface area contributed by atoms with Crippen molar-refractivity contribution in [3.05, 3.63) is 18.0 Å². The summed E-state index contributed by atoms with van der Waals surface area (Å²) in [5.41, 5.74) is 0.278. The Morgan fingerprint density at radius 2 is 2.08 bits per heavy atom. The minimum atomic E-state index is -1.08. The van der Waals surface area contributed by atoms with Crippen molar-refractivity contribution < 1.29 is 24.2 Å². The monoisotopic (exact) mass is 366 g/mol. The Bertz CT molecular complexity index is 679. The van der Waals surface area contributed by atoms with Crippen molar-refractivity contribution in [2.75, 3.05) is 32.8 Å². The first-order chi connectivity index (χ1) is 12.1. The molecule has 1 aromatic heterocycles. The molecule has 9 nitrogen and oxygen atoms in total.